The third kappa shape index (κ3) is 2.85. The van der Waals surface area contributed by atoms with Crippen molar-refractivity contribution in [1.82, 2.24) is 4.90 Å². The van der Waals surface area contributed by atoms with E-state index in [1.165, 1.54) is 0 Å². The Morgan fingerprint density at radius 2 is 2.12 bits per heavy atom. The number of aryl methyl sites for hydroxylation is 1. The molecule has 1 aromatic heterocycles. The number of hydrogen-bond acceptors (Lipinski definition) is 4. The van der Waals surface area contributed by atoms with Crippen LogP contribution in [0.2, 0.25) is 0 Å². The summed E-state index contributed by atoms with van der Waals surface area (Å²) < 4.78 is 17.6. The molecule has 25 heavy (non-hydrogen) atoms. The molecule has 0 radical (unpaired) electrons. The number of likely N-dealkylation sites (tertiary alicyclic amines) is 1. The molecule has 1 spiro atoms. The van der Waals surface area contributed by atoms with Gasteiger partial charge in [0.1, 0.15) is 11.3 Å². The topological polar surface area (TPSA) is 51.9 Å². The number of para-hydroxylation sites is 1. The van der Waals surface area contributed by atoms with Crippen LogP contribution in [0.3, 0.4) is 0 Å². The van der Waals surface area contributed by atoms with Gasteiger partial charge in [0, 0.05) is 32.2 Å². The van der Waals surface area contributed by atoms with E-state index >= 15 is 0 Å². The van der Waals surface area contributed by atoms with Gasteiger partial charge in [0.15, 0.2) is 0 Å². The van der Waals surface area contributed by atoms with Crippen molar-refractivity contribution in [3.8, 4) is 0 Å². The Morgan fingerprint density at radius 3 is 2.88 bits per heavy atom. The van der Waals surface area contributed by atoms with Crippen molar-refractivity contribution < 1.29 is 18.7 Å². The highest BCUT2D eigenvalue weighted by atomic mass is 16.5. The molecule has 2 fully saturated rings. The summed E-state index contributed by atoms with van der Waals surface area (Å²) in [6.07, 6.45) is 3.86. The van der Waals surface area contributed by atoms with Gasteiger partial charge in [-0.3, -0.25) is 4.79 Å². The van der Waals surface area contributed by atoms with Gasteiger partial charge in [0.2, 0.25) is 0 Å². The van der Waals surface area contributed by atoms with Gasteiger partial charge in [-0.05, 0) is 44.7 Å². The van der Waals surface area contributed by atoms with Crippen LogP contribution in [-0.4, -0.2) is 49.3 Å². The minimum absolute atomic E-state index is 0.0413. The van der Waals surface area contributed by atoms with E-state index in [1.54, 1.807) is 7.11 Å². The third-order valence-corrected chi connectivity index (χ3v) is 5.67. The predicted octanol–water partition coefficient (Wildman–Crippen LogP) is 3.54. The van der Waals surface area contributed by atoms with Crippen LogP contribution in [0.1, 0.15) is 41.8 Å². The summed E-state index contributed by atoms with van der Waals surface area (Å²) in [4.78, 5) is 15.0. The summed E-state index contributed by atoms with van der Waals surface area (Å²) in [6, 6.07) is 7.72. The van der Waals surface area contributed by atoms with Crippen molar-refractivity contribution in [3.05, 3.63) is 35.6 Å². The molecular formula is C20H25NO4. The van der Waals surface area contributed by atoms with E-state index in [0.717, 1.165) is 43.4 Å². The predicted molar refractivity (Wildman–Crippen MR) is 94.8 cm³/mol. The molecule has 5 nitrogen and oxygen atoms in total. The Kier molecular flexibility index (Phi) is 4.29. The second-order valence-electron chi connectivity index (χ2n) is 7.15. The van der Waals surface area contributed by atoms with E-state index in [-0.39, 0.29) is 17.6 Å². The van der Waals surface area contributed by atoms with E-state index in [9.17, 15) is 4.79 Å². The number of hydrogen-bond donors (Lipinski definition) is 0. The molecule has 5 heteroatoms. The first-order valence-corrected chi connectivity index (χ1v) is 9.08. The van der Waals surface area contributed by atoms with Crippen LogP contribution in [0.25, 0.3) is 11.0 Å². The first-order chi connectivity index (χ1) is 12.1. The van der Waals surface area contributed by atoms with Crippen molar-refractivity contribution in [2.75, 3.05) is 26.8 Å². The quantitative estimate of drug-likeness (QED) is 0.837. The summed E-state index contributed by atoms with van der Waals surface area (Å²) >= 11 is 0. The molecule has 4 rings (SSSR count). The second kappa shape index (κ2) is 6.46. The van der Waals surface area contributed by atoms with Gasteiger partial charge in [-0.15, -0.1) is 0 Å². The monoisotopic (exact) mass is 343 g/mol. The van der Waals surface area contributed by atoms with Crippen LogP contribution in [0.15, 0.2) is 28.7 Å². The zero-order valence-corrected chi connectivity index (χ0v) is 14.9. The maximum absolute atomic E-state index is 13.0. The number of piperidine rings is 1. The van der Waals surface area contributed by atoms with E-state index in [4.69, 9.17) is 13.9 Å². The number of furan rings is 1. The number of fused-ring (bicyclic) bond motifs is 1. The average Bonchev–Trinajstić information content (AvgIpc) is 3.02. The fourth-order valence-electron chi connectivity index (χ4n) is 4.32. The molecule has 134 valence electrons. The highest BCUT2D eigenvalue weighted by molar-refractivity contribution is 6.05. The second-order valence-corrected chi connectivity index (χ2v) is 7.15. The lowest BCUT2D eigenvalue weighted by molar-refractivity contribution is -0.183. The standard InChI is InChI=1S/C20H25NO4/c1-14-13-15-5-3-6-16(18(15)25-14)19(22)21-10-8-20(9-11-21)17(23-2)7-4-12-24-20/h3,5-6,13,17H,4,7-12H2,1-2H3. The van der Waals surface area contributed by atoms with Crippen molar-refractivity contribution in [2.45, 2.75) is 44.3 Å². The van der Waals surface area contributed by atoms with E-state index in [0.29, 0.717) is 24.2 Å². The maximum Gasteiger partial charge on any atom is 0.257 e. The Balaban J connectivity index is 1.53. The molecule has 2 saturated heterocycles. The number of benzene rings is 1. The minimum Gasteiger partial charge on any atom is -0.461 e. The number of rotatable bonds is 2. The lowest BCUT2D eigenvalue weighted by Crippen LogP contribution is -2.56. The van der Waals surface area contributed by atoms with Gasteiger partial charge in [-0.2, -0.15) is 0 Å². The summed E-state index contributed by atoms with van der Waals surface area (Å²) in [5.41, 5.74) is 1.11. The van der Waals surface area contributed by atoms with Gasteiger partial charge in [-0.25, -0.2) is 0 Å². The Bertz CT molecular complexity index is 773. The molecule has 0 saturated carbocycles. The number of amides is 1. The molecule has 3 heterocycles. The molecule has 1 atom stereocenters. The average molecular weight is 343 g/mol. The summed E-state index contributed by atoms with van der Waals surface area (Å²) in [6.45, 7) is 4.08. The molecule has 2 aliphatic heterocycles. The van der Waals surface area contributed by atoms with Gasteiger partial charge in [0.05, 0.1) is 17.3 Å². The molecule has 2 aromatic rings. The first-order valence-electron chi connectivity index (χ1n) is 9.08. The zero-order valence-electron chi connectivity index (χ0n) is 14.9. The normalized spacial score (nSPS) is 23.3. The molecule has 0 aliphatic carbocycles. The first kappa shape index (κ1) is 16.6. The molecule has 1 unspecified atom stereocenters. The van der Waals surface area contributed by atoms with Crippen molar-refractivity contribution >= 4 is 16.9 Å². The summed E-state index contributed by atoms with van der Waals surface area (Å²) in [5, 5.41) is 0.979. The van der Waals surface area contributed by atoms with Crippen LogP contribution in [0, 0.1) is 6.92 Å². The zero-order chi connectivity index (χ0) is 17.4. The van der Waals surface area contributed by atoms with Crippen LogP contribution in [-0.2, 0) is 9.47 Å². The maximum atomic E-state index is 13.0. The number of nitrogens with zero attached hydrogens (tertiary/aromatic N) is 1. The highest BCUT2D eigenvalue weighted by Gasteiger charge is 2.45. The lowest BCUT2D eigenvalue weighted by atomic mass is 9.81. The number of methoxy groups -OCH3 is 1. The molecule has 0 bridgehead atoms. The number of carbonyl (C=O) groups is 1. The Hall–Kier alpha value is -1.85. The van der Waals surface area contributed by atoms with E-state index in [2.05, 4.69) is 0 Å². The number of ether oxygens (including phenoxy) is 2. The van der Waals surface area contributed by atoms with Crippen LogP contribution >= 0.6 is 0 Å². The fourth-order valence-corrected chi connectivity index (χ4v) is 4.32. The Morgan fingerprint density at radius 1 is 1.32 bits per heavy atom. The van der Waals surface area contributed by atoms with E-state index < -0.39 is 0 Å². The summed E-state index contributed by atoms with van der Waals surface area (Å²) in [5.74, 6) is 0.867. The van der Waals surface area contributed by atoms with E-state index in [1.807, 2.05) is 36.1 Å². The molecule has 0 N–H and O–H groups in total. The molecule has 2 aliphatic rings. The van der Waals surface area contributed by atoms with Crippen LogP contribution in [0.4, 0.5) is 0 Å². The van der Waals surface area contributed by atoms with Crippen molar-refractivity contribution in [2.24, 2.45) is 0 Å². The SMILES string of the molecule is COC1CCCOC12CCN(C(=O)c1cccc3cc(C)oc13)CC2. The van der Waals surface area contributed by atoms with Crippen molar-refractivity contribution in [1.29, 1.82) is 0 Å². The van der Waals surface area contributed by atoms with Gasteiger partial charge < -0.3 is 18.8 Å². The van der Waals surface area contributed by atoms with Gasteiger partial charge in [-0.1, -0.05) is 12.1 Å². The number of carbonyl (C=O) groups excluding carboxylic acids is 1. The minimum atomic E-state index is -0.225. The smallest absolute Gasteiger partial charge is 0.257 e. The highest BCUT2D eigenvalue weighted by Crippen LogP contribution is 2.37. The fraction of sp³-hybridized carbons (Fsp3) is 0.550. The van der Waals surface area contributed by atoms with Crippen LogP contribution < -0.4 is 0 Å². The third-order valence-electron chi connectivity index (χ3n) is 5.67. The summed E-state index contributed by atoms with van der Waals surface area (Å²) in [7, 11) is 1.76. The Labute approximate surface area is 147 Å². The van der Waals surface area contributed by atoms with Crippen molar-refractivity contribution in [3.63, 3.8) is 0 Å². The largest absolute Gasteiger partial charge is 0.461 e. The van der Waals surface area contributed by atoms with Gasteiger partial charge >= 0.3 is 0 Å². The van der Waals surface area contributed by atoms with Crippen LogP contribution in [0.5, 0.6) is 0 Å². The molecule has 1 amide bonds. The molecule has 1 aromatic carbocycles. The lowest BCUT2D eigenvalue weighted by Gasteiger charge is -2.48. The molecular weight excluding hydrogens is 318 g/mol. The van der Waals surface area contributed by atoms with Gasteiger partial charge in [0.25, 0.3) is 5.91 Å².